The third-order valence-corrected chi connectivity index (χ3v) is 18.4. The molecular weight excluding hydrogens is 1040 g/mol. The predicted octanol–water partition coefficient (Wildman–Crippen LogP) is 5.26. The average molecular weight is 1110 g/mol. The van der Waals surface area contributed by atoms with E-state index in [4.69, 9.17) is 4.74 Å². The second kappa shape index (κ2) is 24.7. The van der Waals surface area contributed by atoms with Gasteiger partial charge in [-0.2, -0.15) is 5.10 Å². The molecule has 1 saturated carbocycles. The number of amides is 4. The Balaban J connectivity index is 0.00000803. The Hall–Kier alpha value is -6.49. The van der Waals surface area contributed by atoms with Crippen LogP contribution in [0.15, 0.2) is 60.0 Å². The highest BCUT2D eigenvalue weighted by molar-refractivity contribution is 7.92. The van der Waals surface area contributed by atoms with Crippen molar-refractivity contribution in [2.75, 3.05) is 63.1 Å². The van der Waals surface area contributed by atoms with Crippen molar-refractivity contribution in [2.24, 2.45) is 5.92 Å². The number of aromatic nitrogens is 6. The van der Waals surface area contributed by atoms with Crippen molar-refractivity contribution in [3.05, 3.63) is 83.1 Å². The molecule has 4 aliphatic rings. The zero-order valence-electron chi connectivity index (χ0n) is 45.7. The van der Waals surface area contributed by atoms with Gasteiger partial charge in [0.1, 0.15) is 41.5 Å². The number of fused-ring (bicyclic) bond motifs is 2. The van der Waals surface area contributed by atoms with E-state index in [1.165, 1.54) is 24.3 Å². The Morgan fingerprint density at radius 1 is 0.897 bits per heavy atom. The molecule has 0 spiro atoms. The lowest BCUT2D eigenvalue weighted by Gasteiger charge is -2.35. The number of rotatable bonds is 17. The number of anilines is 3. The van der Waals surface area contributed by atoms with Crippen LogP contribution in [0.5, 0.6) is 5.75 Å². The van der Waals surface area contributed by atoms with Gasteiger partial charge in [0.05, 0.1) is 27.9 Å². The molecule has 5 atom stereocenters. The van der Waals surface area contributed by atoms with Crippen molar-refractivity contribution >= 4 is 74.4 Å². The highest BCUT2D eigenvalue weighted by Gasteiger charge is 2.45. The number of nitrogens with one attached hydrogen (secondary N) is 6. The first-order valence-electron chi connectivity index (χ1n) is 27.1. The molecule has 4 amide bonds. The largest absolute Gasteiger partial charge is 0.491 e. The number of aromatic amines is 1. The van der Waals surface area contributed by atoms with E-state index < -0.39 is 44.7 Å². The molecule has 5 aromatic rings. The summed E-state index contributed by atoms with van der Waals surface area (Å²) in [6.45, 7) is 13.9. The van der Waals surface area contributed by atoms with Gasteiger partial charge in [0, 0.05) is 80.4 Å². The van der Waals surface area contributed by atoms with E-state index in [9.17, 15) is 27.6 Å². The third-order valence-electron chi connectivity index (χ3n) is 15.9. The van der Waals surface area contributed by atoms with Crippen LogP contribution < -0.4 is 36.2 Å². The topological polar surface area (TPSA) is 262 Å². The number of benzene rings is 2. The molecular formula is C55H75ClN14O7S. The first-order chi connectivity index (χ1) is 36.9. The molecule has 6 N–H and O–H groups in total. The number of H-pyrrole nitrogens is 1. The van der Waals surface area contributed by atoms with Crippen LogP contribution in [0, 0.1) is 19.8 Å². The van der Waals surface area contributed by atoms with Crippen LogP contribution >= 0.6 is 12.4 Å². The number of carbonyl (C=O) groups excluding carboxylic acids is 4. The van der Waals surface area contributed by atoms with Crippen LogP contribution in [0.4, 0.5) is 17.6 Å². The van der Waals surface area contributed by atoms with E-state index in [-0.39, 0.29) is 77.9 Å². The fourth-order valence-electron chi connectivity index (χ4n) is 10.9. The molecule has 0 radical (unpaired) electrons. The molecule has 78 heavy (non-hydrogen) atoms. The van der Waals surface area contributed by atoms with Crippen LogP contribution in [0.1, 0.15) is 118 Å². The minimum absolute atomic E-state index is 0. The molecule has 2 aromatic carbocycles. The van der Waals surface area contributed by atoms with E-state index in [2.05, 4.69) is 67.7 Å². The number of hydrogen-bond acceptors (Lipinski definition) is 16. The van der Waals surface area contributed by atoms with Gasteiger partial charge in [0.15, 0.2) is 15.7 Å². The van der Waals surface area contributed by atoms with Gasteiger partial charge in [-0.1, -0.05) is 43.5 Å². The molecule has 2 aliphatic carbocycles. The Morgan fingerprint density at radius 2 is 1.63 bits per heavy atom. The maximum atomic E-state index is 14.8. The standard InChI is InChI=1S/C55H74N14O7S.ClH/c1-33-34(2)65-66-48(33)64-49-41-27-46(77(74,75)55(4,5)6)45(28-43(41)59-32-60-49)76-25-24-67-20-22-68(23-21-67)54-57-29-38(30-58-54)51(71)61-39-26-44(52(72)62-42-19-13-17-36-14-11-12-18-40(36)42)69(31-39)53(73)47(37-15-9-8-10-16-37)63-50(70)35(3)56-7;/h11-12,14,18,27-30,32,35,37,39,42,44,47,56H,8-10,13,15-17,19-26,31H2,1-7H3,(H,61,71)(H,62,72)(H,63,70)(H2,59,60,64,65,66);1H/t35-,39-,42+,44-,47-;/m0./s1. The number of halogens is 1. The van der Waals surface area contributed by atoms with Crippen LogP contribution in [0.3, 0.4) is 0 Å². The summed E-state index contributed by atoms with van der Waals surface area (Å²) < 4.78 is 33.3. The molecule has 21 nitrogen and oxygen atoms in total. The van der Waals surface area contributed by atoms with E-state index in [1.54, 1.807) is 51.8 Å². The zero-order chi connectivity index (χ0) is 54.6. The summed E-state index contributed by atoms with van der Waals surface area (Å²) in [5.74, 6) is 0.325. The number of carbonyl (C=O) groups is 4. The molecule has 3 aromatic heterocycles. The van der Waals surface area contributed by atoms with Crippen molar-refractivity contribution < 1.29 is 32.3 Å². The lowest BCUT2D eigenvalue weighted by Crippen LogP contribution is -2.58. The number of hydrogen-bond donors (Lipinski definition) is 6. The van der Waals surface area contributed by atoms with Crippen molar-refractivity contribution in [3.8, 4) is 5.75 Å². The van der Waals surface area contributed by atoms with Crippen LogP contribution in [0.25, 0.3) is 10.9 Å². The van der Waals surface area contributed by atoms with Crippen molar-refractivity contribution in [1.29, 1.82) is 0 Å². The summed E-state index contributed by atoms with van der Waals surface area (Å²) in [5, 5.41) is 23.4. The number of sulfone groups is 1. The maximum Gasteiger partial charge on any atom is 0.254 e. The van der Waals surface area contributed by atoms with Gasteiger partial charge in [-0.3, -0.25) is 29.2 Å². The maximum absolute atomic E-state index is 14.8. The number of nitrogens with zero attached hydrogens (tertiary/aromatic N) is 8. The summed E-state index contributed by atoms with van der Waals surface area (Å²) in [4.78, 5) is 80.5. The zero-order valence-corrected chi connectivity index (χ0v) is 47.4. The predicted molar refractivity (Wildman–Crippen MR) is 300 cm³/mol. The highest BCUT2D eigenvalue weighted by atomic mass is 35.5. The molecule has 0 bridgehead atoms. The van der Waals surface area contributed by atoms with Crippen LogP contribution in [-0.2, 0) is 30.6 Å². The van der Waals surface area contributed by atoms with Gasteiger partial charge in [-0.15, -0.1) is 12.4 Å². The summed E-state index contributed by atoms with van der Waals surface area (Å²) >= 11 is 0. The third kappa shape index (κ3) is 12.7. The van der Waals surface area contributed by atoms with E-state index in [0.29, 0.717) is 61.2 Å². The van der Waals surface area contributed by atoms with Gasteiger partial charge in [-0.25, -0.2) is 28.4 Å². The van der Waals surface area contributed by atoms with Gasteiger partial charge < -0.3 is 41.1 Å². The Morgan fingerprint density at radius 3 is 2.32 bits per heavy atom. The second-order valence-electron chi connectivity index (χ2n) is 22.0. The molecule has 23 heteroatoms. The second-order valence-corrected chi connectivity index (χ2v) is 24.7. The minimum atomic E-state index is -3.87. The molecule has 5 heterocycles. The Labute approximate surface area is 463 Å². The average Bonchev–Trinajstić information content (AvgIpc) is 4.02. The Kier molecular flexibility index (Phi) is 18.2. The molecule has 0 unspecified atom stereocenters. The molecule has 420 valence electrons. The van der Waals surface area contributed by atoms with Crippen LogP contribution in [0.2, 0.25) is 0 Å². The number of likely N-dealkylation sites (N-methyl/N-ethyl adjacent to an activating group) is 1. The van der Waals surface area contributed by atoms with Gasteiger partial charge in [0.25, 0.3) is 5.91 Å². The smallest absolute Gasteiger partial charge is 0.254 e. The van der Waals surface area contributed by atoms with Crippen LogP contribution in [-0.4, -0.2) is 154 Å². The van der Waals surface area contributed by atoms with E-state index in [0.717, 1.165) is 68.2 Å². The van der Waals surface area contributed by atoms with Gasteiger partial charge in [0.2, 0.25) is 23.7 Å². The lowest BCUT2D eigenvalue weighted by molar-refractivity contribution is -0.143. The number of likely N-dealkylation sites (tertiary alicyclic amines) is 1. The fraction of sp³-hybridized carbons (Fsp3) is 0.545. The lowest BCUT2D eigenvalue weighted by atomic mass is 9.83. The highest BCUT2D eigenvalue weighted by Crippen LogP contribution is 2.38. The number of aryl methyl sites for hydroxylation is 2. The fourth-order valence-corrected chi connectivity index (χ4v) is 12.2. The Bertz CT molecular complexity index is 3070. The summed E-state index contributed by atoms with van der Waals surface area (Å²) in [6.07, 6.45) is 11.8. The number of ether oxygens (including phenoxy) is 1. The summed E-state index contributed by atoms with van der Waals surface area (Å²) in [7, 11) is -2.17. The first kappa shape index (κ1) is 57.7. The normalized spacial score (nSPS) is 20.0. The van der Waals surface area contributed by atoms with Gasteiger partial charge in [-0.05, 0) is 110 Å². The molecule has 9 rings (SSSR count). The molecule has 2 aliphatic heterocycles. The van der Waals surface area contributed by atoms with Gasteiger partial charge >= 0.3 is 0 Å². The van der Waals surface area contributed by atoms with Crippen molar-refractivity contribution in [1.82, 2.24) is 61.2 Å². The van der Waals surface area contributed by atoms with E-state index in [1.807, 2.05) is 36.9 Å². The SMILES string of the molecule is CN[C@@H](C)C(=O)N[C@H](C(=O)N1C[C@@H](NC(=O)c2cnc(N3CCN(CCOc4cc5ncnc(Nc6n[nH]c(C)c6C)c5cc4S(=O)(=O)C(C)(C)C)CC3)nc2)C[C@H]1C(=O)N[C@@H]1CCCc2ccccc21)C1CCCCC1.Cl. The first-order valence-corrected chi connectivity index (χ1v) is 28.6. The summed E-state index contributed by atoms with van der Waals surface area (Å²) in [5.41, 5.74) is 4.85. The van der Waals surface area contributed by atoms with Crippen molar-refractivity contribution in [2.45, 2.75) is 139 Å². The van der Waals surface area contributed by atoms with E-state index >= 15 is 0 Å². The monoisotopic (exact) mass is 1110 g/mol. The van der Waals surface area contributed by atoms with Crippen molar-refractivity contribution in [3.63, 3.8) is 0 Å². The minimum Gasteiger partial charge on any atom is -0.491 e. The molecule has 2 saturated heterocycles. The molecule has 3 fully saturated rings. The number of piperazine rings is 1. The summed E-state index contributed by atoms with van der Waals surface area (Å²) in [6, 6.07) is 8.40. The quantitative estimate of drug-likeness (QED) is 0.0694.